The van der Waals surface area contributed by atoms with E-state index < -0.39 is 0 Å². The molecule has 0 saturated carbocycles. The van der Waals surface area contributed by atoms with Crippen LogP contribution in [0.2, 0.25) is 0 Å². The van der Waals surface area contributed by atoms with Crippen LogP contribution >= 0.6 is 0 Å². The average molecular weight is 347 g/mol. The van der Waals surface area contributed by atoms with Crippen molar-refractivity contribution in [2.24, 2.45) is 0 Å². The van der Waals surface area contributed by atoms with Crippen molar-refractivity contribution in [3.8, 4) is 11.5 Å². The first kappa shape index (κ1) is 18.0. The maximum absolute atomic E-state index is 13.3. The van der Waals surface area contributed by atoms with Crippen molar-refractivity contribution in [2.45, 2.75) is 38.8 Å². The van der Waals surface area contributed by atoms with E-state index in [0.29, 0.717) is 12.4 Å². The molecule has 25 heavy (non-hydrogen) atoms. The molecule has 2 heterocycles. The summed E-state index contributed by atoms with van der Waals surface area (Å²) >= 11 is 0. The monoisotopic (exact) mass is 347 g/mol. The maximum Gasteiger partial charge on any atom is 0.244 e. The highest BCUT2D eigenvalue weighted by atomic mass is 16.5. The summed E-state index contributed by atoms with van der Waals surface area (Å²) in [6, 6.07) is 5.26. The van der Waals surface area contributed by atoms with Gasteiger partial charge in [0.1, 0.15) is 6.04 Å². The standard InChI is InChI=1S/C19H29N3O3/c1-3-25-17-12-15(6-7-16(17)23)18(19(24)21-9-4-5-10-21)22-11-8-20-13-14(22)2/h6-7,12,14,18,20,23H,3-5,8-11,13H2,1-2H3. The third-order valence-corrected chi connectivity index (χ3v) is 5.14. The molecular weight excluding hydrogens is 318 g/mol. The first-order valence-corrected chi connectivity index (χ1v) is 9.32. The number of hydrogen-bond acceptors (Lipinski definition) is 5. The molecule has 0 aliphatic carbocycles. The number of amides is 1. The fourth-order valence-electron chi connectivity index (χ4n) is 3.80. The van der Waals surface area contributed by atoms with Crippen LogP contribution in [0.25, 0.3) is 0 Å². The molecule has 1 aromatic rings. The minimum atomic E-state index is -0.324. The number of hydrogen-bond donors (Lipinski definition) is 2. The van der Waals surface area contributed by atoms with Crippen LogP contribution in [0.15, 0.2) is 18.2 Å². The minimum Gasteiger partial charge on any atom is -0.504 e. The number of carbonyl (C=O) groups excluding carboxylic acids is 1. The number of benzene rings is 1. The number of nitrogens with one attached hydrogen (secondary N) is 1. The molecule has 2 N–H and O–H groups in total. The van der Waals surface area contributed by atoms with E-state index in [9.17, 15) is 9.90 Å². The van der Waals surface area contributed by atoms with Gasteiger partial charge in [-0.3, -0.25) is 9.69 Å². The van der Waals surface area contributed by atoms with Crippen molar-refractivity contribution in [3.05, 3.63) is 23.8 Å². The van der Waals surface area contributed by atoms with Gasteiger partial charge in [0.15, 0.2) is 11.5 Å². The minimum absolute atomic E-state index is 0.117. The molecule has 6 heteroatoms. The molecule has 2 atom stereocenters. The molecule has 1 amide bonds. The second kappa shape index (κ2) is 8.06. The lowest BCUT2D eigenvalue weighted by Crippen LogP contribution is -2.54. The molecule has 3 rings (SSSR count). The third kappa shape index (κ3) is 3.90. The molecule has 0 aromatic heterocycles. The van der Waals surface area contributed by atoms with E-state index in [0.717, 1.165) is 51.1 Å². The van der Waals surface area contributed by atoms with Crippen molar-refractivity contribution in [2.75, 3.05) is 39.3 Å². The van der Waals surface area contributed by atoms with Crippen LogP contribution in [0, 0.1) is 0 Å². The Hall–Kier alpha value is -1.79. The van der Waals surface area contributed by atoms with Crippen LogP contribution in [0.5, 0.6) is 11.5 Å². The zero-order valence-electron chi connectivity index (χ0n) is 15.2. The summed E-state index contributed by atoms with van der Waals surface area (Å²) in [5, 5.41) is 13.4. The molecule has 0 spiro atoms. The van der Waals surface area contributed by atoms with Gasteiger partial charge in [0.25, 0.3) is 0 Å². The lowest BCUT2D eigenvalue weighted by atomic mass is 10.00. The number of carbonyl (C=O) groups is 1. The maximum atomic E-state index is 13.3. The number of phenols is 1. The summed E-state index contributed by atoms with van der Waals surface area (Å²) < 4.78 is 5.54. The van der Waals surface area contributed by atoms with E-state index in [-0.39, 0.29) is 23.7 Å². The Morgan fingerprint density at radius 1 is 1.36 bits per heavy atom. The van der Waals surface area contributed by atoms with Gasteiger partial charge in [-0.1, -0.05) is 6.07 Å². The summed E-state index contributed by atoms with van der Waals surface area (Å²) in [5.41, 5.74) is 0.895. The molecule has 0 bridgehead atoms. The van der Waals surface area contributed by atoms with Crippen LogP contribution < -0.4 is 10.1 Å². The summed E-state index contributed by atoms with van der Waals surface area (Å²) in [6.45, 7) is 8.78. The van der Waals surface area contributed by atoms with Crippen LogP contribution in [-0.2, 0) is 4.79 Å². The van der Waals surface area contributed by atoms with E-state index in [1.807, 2.05) is 24.0 Å². The molecule has 2 unspecified atom stereocenters. The topological polar surface area (TPSA) is 65.0 Å². The zero-order chi connectivity index (χ0) is 17.8. The molecule has 138 valence electrons. The quantitative estimate of drug-likeness (QED) is 0.850. The second-order valence-electron chi connectivity index (χ2n) is 6.89. The second-order valence-corrected chi connectivity index (χ2v) is 6.89. The number of nitrogens with zero attached hydrogens (tertiary/aromatic N) is 2. The van der Waals surface area contributed by atoms with Crippen molar-refractivity contribution >= 4 is 5.91 Å². The van der Waals surface area contributed by atoms with Crippen molar-refractivity contribution in [1.82, 2.24) is 15.1 Å². The number of aromatic hydroxyl groups is 1. The molecular formula is C19H29N3O3. The van der Waals surface area contributed by atoms with Crippen LogP contribution in [0.1, 0.15) is 38.3 Å². The number of rotatable bonds is 5. The molecule has 2 aliphatic rings. The Kier molecular flexibility index (Phi) is 5.81. The predicted octanol–water partition coefficient (Wildman–Crippen LogP) is 1.75. The van der Waals surface area contributed by atoms with Crippen LogP contribution in [-0.4, -0.2) is 66.2 Å². The lowest BCUT2D eigenvalue weighted by Gasteiger charge is -2.40. The van der Waals surface area contributed by atoms with Gasteiger partial charge in [-0.15, -0.1) is 0 Å². The molecule has 2 saturated heterocycles. The highest BCUT2D eigenvalue weighted by molar-refractivity contribution is 5.84. The Labute approximate surface area is 149 Å². The Balaban J connectivity index is 1.95. The molecule has 0 radical (unpaired) electrons. The highest BCUT2D eigenvalue weighted by Crippen LogP contribution is 2.34. The number of piperazine rings is 1. The summed E-state index contributed by atoms with van der Waals surface area (Å²) in [7, 11) is 0. The van der Waals surface area contributed by atoms with Crippen LogP contribution in [0.4, 0.5) is 0 Å². The van der Waals surface area contributed by atoms with Gasteiger partial charge in [0.2, 0.25) is 5.91 Å². The first-order chi connectivity index (χ1) is 12.1. The fourth-order valence-corrected chi connectivity index (χ4v) is 3.80. The highest BCUT2D eigenvalue weighted by Gasteiger charge is 2.36. The van der Waals surface area contributed by atoms with Gasteiger partial charge in [0, 0.05) is 38.8 Å². The van der Waals surface area contributed by atoms with E-state index >= 15 is 0 Å². The van der Waals surface area contributed by atoms with E-state index in [4.69, 9.17) is 4.74 Å². The third-order valence-electron chi connectivity index (χ3n) is 5.14. The molecule has 6 nitrogen and oxygen atoms in total. The number of ether oxygens (including phenoxy) is 1. The Bertz CT molecular complexity index is 602. The number of phenolic OH excluding ortho intramolecular Hbond substituents is 1. The van der Waals surface area contributed by atoms with Gasteiger partial charge in [-0.25, -0.2) is 0 Å². The van der Waals surface area contributed by atoms with Gasteiger partial charge in [0.05, 0.1) is 6.61 Å². The Morgan fingerprint density at radius 2 is 2.12 bits per heavy atom. The first-order valence-electron chi connectivity index (χ1n) is 9.32. The van der Waals surface area contributed by atoms with Gasteiger partial charge < -0.3 is 20.1 Å². The van der Waals surface area contributed by atoms with Crippen molar-refractivity contribution in [3.63, 3.8) is 0 Å². The largest absolute Gasteiger partial charge is 0.504 e. The van der Waals surface area contributed by atoms with E-state index in [2.05, 4.69) is 17.1 Å². The van der Waals surface area contributed by atoms with E-state index in [1.165, 1.54) is 0 Å². The smallest absolute Gasteiger partial charge is 0.244 e. The van der Waals surface area contributed by atoms with Crippen molar-refractivity contribution in [1.29, 1.82) is 0 Å². The summed E-state index contributed by atoms with van der Waals surface area (Å²) in [5.74, 6) is 0.729. The Morgan fingerprint density at radius 3 is 2.80 bits per heavy atom. The van der Waals surface area contributed by atoms with E-state index in [1.54, 1.807) is 6.07 Å². The molecule has 2 fully saturated rings. The molecule has 2 aliphatic heterocycles. The van der Waals surface area contributed by atoms with Crippen molar-refractivity contribution < 1.29 is 14.6 Å². The fraction of sp³-hybridized carbons (Fsp3) is 0.632. The summed E-state index contributed by atoms with van der Waals surface area (Å²) in [6.07, 6.45) is 2.16. The van der Waals surface area contributed by atoms with Gasteiger partial charge in [-0.2, -0.15) is 0 Å². The molecule has 1 aromatic carbocycles. The normalized spacial score (nSPS) is 22.8. The lowest BCUT2D eigenvalue weighted by molar-refractivity contribution is -0.137. The zero-order valence-corrected chi connectivity index (χ0v) is 15.2. The number of likely N-dealkylation sites (tertiary alicyclic amines) is 1. The van der Waals surface area contributed by atoms with Gasteiger partial charge >= 0.3 is 0 Å². The van der Waals surface area contributed by atoms with Crippen LogP contribution in [0.3, 0.4) is 0 Å². The SMILES string of the molecule is CCOc1cc(C(C(=O)N2CCCC2)N2CCNCC2C)ccc1O. The average Bonchev–Trinajstić information content (AvgIpc) is 3.14. The summed E-state index contributed by atoms with van der Waals surface area (Å²) in [4.78, 5) is 17.6. The van der Waals surface area contributed by atoms with Gasteiger partial charge in [-0.05, 0) is 44.4 Å². The predicted molar refractivity (Wildman–Crippen MR) is 96.9 cm³/mol.